The van der Waals surface area contributed by atoms with E-state index in [1.165, 1.54) is 0 Å². The first-order chi connectivity index (χ1) is 9.75. The Bertz CT molecular complexity index is 738. The summed E-state index contributed by atoms with van der Waals surface area (Å²) in [6.07, 6.45) is 0. The maximum absolute atomic E-state index is 12.5. The van der Waals surface area contributed by atoms with Gasteiger partial charge in [-0.3, -0.25) is 0 Å². The molecule has 0 bridgehead atoms. The molecule has 0 N–H and O–H groups in total. The van der Waals surface area contributed by atoms with E-state index in [2.05, 4.69) is 0 Å². The van der Waals surface area contributed by atoms with E-state index in [1.54, 1.807) is 0 Å². The molecule has 4 heteroatoms. The van der Waals surface area contributed by atoms with E-state index in [4.69, 9.17) is 0 Å². The van der Waals surface area contributed by atoms with Crippen LogP contribution >= 0.6 is 0 Å². The predicted molar refractivity (Wildman–Crippen MR) is 79.3 cm³/mol. The van der Waals surface area contributed by atoms with Gasteiger partial charge in [-0.25, -0.2) is 0 Å². The number of hydrogen-bond donors (Lipinski definition) is 0. The molecule has 0 aliphatic carbocycles. The number of benzene rings is 2. The summed E-state index contributed by atoms with van der Waals surface area (Å²) in [4.78, 5) is 25.0. The van der Waals surface area contributed by atoms with Crippen LogP contribution in [0, 0.1) is 0 Å². The average molecular weight is 390 g/mol. The van der Waals surface area contributed by atoms with E-state index >= 15 is 0 Å². The topological polar surface area (TPSA) is 34.1 Å². The molecule has 2 aliphatic rings. The minimum absolute atomic E-state index is 0.0253. The van der Waals surface area contributed by atoms with Crippen molar-refractivity contribution >= 4 is 50.4 Å². The molecule has 2 heterocycles. The van der Waals surface area contributed by atoms with Crippen LogP contribution in [0.15, 0.2) is 57.5 Å². The molecule has 96 valence electrons. The van der Waals surface area contributed by atoms with Crippen molar-refractivity contribution in [1.29, 1.82) is 0 Å². The first-order valence-electron chi connectivity index (χ1n) is 6.13. The third kappa shape index (κ3) is 1.70. The zero-order chi connectivity index (χ0) is 13.7. The molecule has 0 saturated heterocycles. The van der Waals surface area contributed by atoms with Crippen LogP contribution < -0.4 is 8.92 Å². The average Bonchev–Trinajstić information content (AvgIpc) is 2.98. The van der Waals surface area contributed by atoms with E-state index in [-0.39, 0.29) is 41.5 Å². The van der Waals surface area contributed by atoms with E-state index in [1.807, 2.05) is 48.5 Å². The first kappa shape index (κ1) is 12.3. The summed E-state index contributed by atoms with van der Waals surface area (Å²) in [6, 6.07) is 15.4. The Hall–Kier alpha value is -1.44. The Labute approximate surface area is 128 Å². The Kier molecular flexibility index (Phi) is 2.80. The number of Topliss-reactive ketones (excluding diaryl/α,β-unsaturated/α-hetero) is 2. The SMILES string of the molecule is O=C1/C(=C2\[Se]c3ccccc3C2=O)[Se]c2ccccc21. The summed E-state index contributed by atoms with van der Waals surface area (Å²) < 4.78 is 3.76. The molecular weight excluding hydrogens is 382 g/mol. The summed E-state index contributed by atoms with van der Waals surface area (Å²) in [5, 5.41) is 0. The quantitative estimate of drug-likeness (QED) is 0.489. The molecule has 0 saturated carbocycles. The van der Waals surface area contributed by atoms with Crippen LogP contribution in [0.3, 0.4) is 0 Å². The molecule has 20 heavy (non-hydrogen) atoms. The molecule has 0 aromatic heterocycles. The van der Waals surface area contributed by atoms with Crippen LogP contribution in [0.1, 0.15) is 20.7 Å². The molecule has 0 atom stereocenters. The maximum atomic E-state index is 12.5. The summed E-state index contributed by atoms with van der Waals surface area (Å²) in [6.45, 7) is 0. The molecular formula is C16H8O2Se2. The van der Waals surface area contributed by atoms with Crippen molar-refractivity contribution in [2.45, 2.75) is 0 Å². The minimum atomic E-state index is -0.0253. The molecule has 2 aliphatic heterocycles. The van der Waals surface area contributed by atoms with Gasteiger partial charge in [0.25, 0.3) is 0 Å². The fourth-order valence-corrected chi connectivity index (χ4v) is 7.55. The normalized spacial score (nSPS) is 20.2. The van der Waals surface area contributed by atoms with Gasteiger partial charge in [0.15, 0.2) is 0 Å². The zero-order valence-corrected chi connectivity index (χ0v) is 13.7. The molecule has 2 aromatic rings. The summed E-state index contributed by atoms with van der Waals surface area (Å²) in [7, 11) is 0. The molecule has 0 unspecified atom stereocenters. The molecule has 2 nitrogen and oxygen atoms in total. The Morgan fingerprint density at radius 3 is 1.40 bits per heavy atom. The number of ketones is 2. The van der Waals surface area contributed by atoms with Gasteiger partial charge in [0.05, 0.1) is 0 Å². The van der Waals surface area contributed by atoms with Crippen LogP contribution in [-0.4, -0.2) is 41.5 Å². The van der Waals surface area contributed by atoms with Crippen LogP contribution in [-0.2, 0) is 0 Å². The van der Waals surface area contributed by atoms with E-state index in [9.17, 15) is 9.59 Å². The van der Waals surface area contributed by atoms with Crippen molar-refractivity contribution < 1.29 is 9.59 Å². The fraction of sp³-hybridized carbons (Fsp3) is 0. The van der Waals surface area contributed by atoms with Gasteiger partial charge in [-0.15, -0.1) is 0 Å². The van der Waals surface area contributed by atoms with Gasteiger partial charge in [-0.05, 0) is 0 Å². The third-order valence-electron chi connectivity index (χ3n) is 3.31. The summed E-state index contributed by atoms with van der Waals surface area (Å²) in [5.41, 5.74) is 1.57. The second-order valence-corrected chi connectivity index (χ2v) is 8.93. The van der Waals surface area contributed by atoms with Crippen molar-refractivity contribution in [1.82, 2.24) is 0 Å². The zero-order valence-electron chi connectivity index (χ0n) is 10.3. The number of allylic oxidation sites excluding steroid dienone is 2. The van der Waals surface area contributed by atoms with Gasteiger partial charge < -0.3 is 0 Å². The van der Waals surface area contributed by atoms with Crippen LogP contribution in [0.5, 0.6) is 0 Å². The number of hydrogen-bond acceptors (Lipinski definition) is 2. The number of fused-ring (bicyclic) bond motifs is 2. The van der Waals surface area contributed by atoms with Crippen molar-refractivity contribution in [3.8, 4) is 0 Å². The Morgan fingerprint density at radius 2 is 1.00 bits per heavy atom. The summed E-state index contributed by atoms with van der Waals surface area (Å²) >= 11 is -0.0507. The van der Waals surface area contributed by atoms with Crippen molar-refractivity contribution in [3.63, 3.8) is 0 Å². The van der Waals surface area contributed by atoms with Gasteiger partial charge in [0, 0.05) is 0 Å². The first-order valence-corrected chi connectivity index (χ1v) is 9.56. The van der Waals surface area contributed by atoms with Crippen LogP contribution in [0.4, 0.5) is 0 Å². The van der Waals surface area contributed by atoms with Gasteiger partial charge in [-0.2, -0.15) is 0 Å². The number of carbonyl (C=O) groups excluding carboxylic acids is 2. The predicted octanol–water partition coefficient (Wildman–Crippen LogP) is 0.650. The molecule has 0 radical (unpaired) electrons. The molecule has 4 rings (SSSR count). The number of rotatable bonds is 0. The van der Waals surface area contributed by atoms with Gasteiger partial charge in [0.1, 0.15) is 0 Å². The second kappa shape index (κ2) is 4.54. The van der Waals surface area contributed by atoms with Crippen molar-refractivity contribution in [3.05, 3.63) is 68.6 Å². The van der Waals surface area contributed by atoms with Crippen LogP contribution in [0.25, 0.3) is 0 Å². The third-order valence-corrected chi connectivity index (χ3v) is 8.87. The van der Waals surface area contributed by atoms with Gasteiger partial charge in [-0.1, -0.05) is 0 Å². The fourth-order valence-electron chi connectivity index (χ4n) is 2.34. The van der Waals surface area contributed by atoms with E-state index < -0.39 is 0 Å². The van der Waals surface area contributed by atoms with Crippen LogP contribution in [0.2, 0.25) is 0 Å². The Morgan fingerprint density at radius 1 is 0.600 bits per heavy atom. The Balaban J connectivity index is 1.85. The van der Waals surface area contributed by atoms with Crippen molar-refractivity contribution in [2.24, 2.45) is 0 Å². The van der Waals surface area contributed by atoms with Crippen molar-refractivity contribution in [2.75, 3.05) is 0 Å². The summed E-state index contributed by atoms with van der Waals surface area (Å²) in [5.74, 6) is 0.136. The molecule has 0 spiro atoms. The monoisotopic (exact) mass is 392 g/mol. The second-order valence-electron chi connectivity index (χ2n) is 4.51. The van der Waals surface area contributed by atoms with E-state index in [0.717, 1.165) is 29.0 Å². The molecule has 2 aromatic carbocycles. The molecule has 0 fully saturated rings. The standard InChI is InChI=1S/C16H8O2Se2/c17-13-9-5-1-3-7-11(9)19-15(13)16-14(18)10-6-2-4-8-12(10)20-16/h1-8H/b16-15+. The number of carbonyl (C=O) groups is 2. The van der Waals surface area contributed by atoms with Gasteiger partial charge in [0.2, 0.25) is 0 Å². The van der Waals surface area contributed by atoms with Gasteiger partial charge >= 0.3 is 129 Å². The van der Waals surface area contributed by atoms with E-state index in [0.29, 0.717) is 0 Å². The molecule has 0 amide bonds.